The molecule has 36 heavy (non-hydrogen) atoms. The highest BCUT2D eigenvalue weighted by molar-refractivity contribution is 6.31. The number of rotatable bonds is 6. The van der Waals surface area contributed by atoms with E-state index in [4.69, 9.17) is 16.6 Å². The Morgan fingerprint density at radius 1 is 1.03 bits per heavy atom. The van der Waals surface area contributed by atoms with Gasteiger partial charge in [0.1, 0.15) is 5.82 Å². The zero-order chi connectivity index (χ0) is 25.2. The molecule has 1 aliphatic rings. The molecule has 0 spiro atoms. The van der Waals surface area contributed by atoms with Crippen molar-refractivity contribution < 1.29 is 0 Å². The van der Waals surface area contributed by atoms with Crippen molar-refractivity contribution in [3.05, 3.63) is 111 Å². The minimum Gasteiger partial charge on any atom is -0.303 e. The fraction of sp³-hybridized carbons (Fsp3) is 0.333. The van der Waals surface area contributed by atoms with Gasteiger partial charge >= 0.3 is 0 Å². The molecule has 0 amide bonds. The van der Waals surface area contributed by atoms with Crippen LogP contribution in [0.4, 0.5) is 0 Å². The van der Waals surface area contributed by atoms with Crippen LogP contribution in [-0.4, -0.2) is 46.0 Å². The number of halogens is 1. The van der Waals surface area contributed by atoms with Gasteiger partial charge in [-0.1, -0.05) is 78.7 Å². The summed E-state index contributed by atoms with van der Waals surface area (Å²) in [5.41, 5.74) is 4.28. The third kappa shape index (κ3) is 4.96. The quantitative estimate of drug-likeness (QED) is 0.333. The molecule has 5 rings (SSSR count). The summed E-state index contributed by atoms with van der Waals surface area (Å²) in [4.78, 5) is 23.9. The molecule has 0 N–H and O–H groups in total. The Bertz CT molecular complexity index is 1400. The van der Waals surface area contributed by atoms with Gasteiger partial charge in [0.15, 0.2) is 0 Å². The Morgan fingerprint density at radius 3 is 2.50 bits per heavy atom. The van der Waals surface area contributed by atoms with Gasteiger partial charge in [0.05, 0.1) is 23.5 Å². The van der Waals surface area contributed by atoms with Gasteiger partial charge in [0, 0.05) is 30.7 Å². The summed E-state index contributed by atoms with van der Waals surface area (Å²) in [6, 6.07) is 24.6. The Hall–Kier alpha value is -2.99. The second-order valence-electron chi connectivity index (χ2n) is 9.86. The summed E-state index contributed by atoms with van der Waals surface area (Å²) >= 11 is 6.32. The number of fused-ring (bicyclic) bond motifs is 1. The van der Waals surface area contributed by atoms with E-state index in [1.165, 1.54) is 11.1 Å². The van der Waals surface area contributed by atoms with Crippen LogP contribution in [0.5, 0.6) is 0 Å². The van der Waals surface area contributed by atoms with Crippen LogP contribution in [-0.2, 0) is 6.54 Å². The number of hydrogen-bond acceptors (Lipinski definition) is 4. The number of hydrogen-bond donors (Lipinski definition) is 0. The molecule has 0 radical (unpaired) electrons. The van der Waals surface area contributed by atoms with Gasteiger partial charge in [-0.15, -0.1) is 0 Å². The maximum absolute atomic E-state index is 13.9. The molecule has 1 aromatic heterocycles. The van der Waals surface area contributed by atoms with Crippen LogP contribution in [0.1, 0.15) is 47.9 Å². The predicted molar refractivity (Wildman–Crippen MR) is 148 cm³/mol. The van der Waals surface area contributed by atoms with Gasteiger partial charge in [-0.3, -0.25) is 14.3 Å². The highest BCUT2D eigenvalue weighted by Crippen LogP contribution is 2.35. The van der Waals surface area contributed by atoms with Gasteiger partial charge < -0.3 is 4.90 Å². The first-order valence-electron chi connectivity index (χ1n) is 12.7. The smallest absolute Gasteiger partial charge is 0.261 e. The van der Waals surface area contributed by atoms with Crippen LogP contribution in [0, 0.1) is 6.92 Å². The fourth-order valence-electron chi connectivity index (χ4n) is 5.34. The van der Waals surface area contributed by atoms with E-state index in [2.05, 4.69) is 67.1 Å². The molecule has 2 atom stereocenters. The Labute approximate surface area is 218 Å². The minimum atomic E-state index is -0.0185. The normalized spacial score (nSPS) is 17.9. The van der Waals surface area contributed by atoms with E-state index in [1.807, 2.05) is 28.8 Å². The van der Waals surface area contributed by atoms with Crippen molar-refractivity contribution in [1.82, 2.24) is 19.4 Å². The molecule has 6 heteroatoms. The molecule has 1 fully saturated rings. The van der Waals surface area contributed by atoms with Crippen LogP contribution in [0.15, 0.2) is 77.6 Å². The number of aromatic nitrogens is 2. The van der Waals surface area contributed by atoms with E-state index in [0.717, 1.165) is 37.4 Å². The average Bonchev–Trinajstić information content (AvgIpc) is 2.88. The molecule has 0 aliphatic carbocycles. The van der Waals surface area contributed by atoms with E-state index in [1.54, 1.807) is 12.1 Å². The maximum atomic E-state index is 13.9. The van der Waals surface area contributed by atoms with Crippen LogP contribution in [0.2, 0.25) is 5.02 Å². The molecule has 1 saturated heterocycles. The number of nitrogens with zero attached hydrogens (tertiary/aromatic N) is 4. The summed E-state index contributed by atoms with van der Waals surface area (Å²) in [6.07, 6.45) is 0.847. The molecule has 5 nitrogen and oxygen atoms in total. The van der Waals surface area contributed by atoms with Crippen molar-refractivity contribution in [2.75, 3.05) is 26.7 Å². The Balaban J connectivity index is 1.66. The lowest BCUT2D eigenvalue weighted by atomic mass is 9.97. The van der Waals surface area contributed by atoms with Crippen LogP contribution in [0.3, 0.4) is 0 Å². The molecule has 0 saturated carbocycles. The summed E-state index contributed by atoms with van der Waals surface area (Å²) < 4.78 is 1.88. The predicted octanol–water partition coefficient (Wildman–Crippen LogP) is 5.85. The van der Waals surface area contributed by atoms with Crippen molar-refractivity contribution >= 4 is 22.5 Å². The highest BCUT2D eigenvalue weighted by atomic mass is 35.5. The lowest BCUT2D eigenvalue weighted by Crippen LogP contribution is -2.49. The zero-order valence-electron chi connectivity index (χ0n) is 21.2. The second-order valence-corrected chi connectivity index (χ2v) is 10.3. The molecular weight excluding hydrogens is 468 g/mol. The van der Waals surface area contributed by atoms with E-state index in [9.17, 15) is 4.79 Å². The molecule has 4 aromatic rings. The Kier molecular flexibility index (Phi) is 7.24. The average molecular weight is 501 g/mol. The highest BCUT2D eigenvalue weighted by Gasteiger charge is 2.34. The number of benzene rings is 3. The number of likely N-dealkylation sites (N-methyl/N-ethyl adjacent to an activating group) is 1. The third-order valence-electron chi connectivity index (χ3n) is 7.30. The van der Waals surface area contributed by atoms with Crippen molar-refractivity contribution in [3.63, 3.8) is 0 Å². The zero-order valence-corrected chi connectivity index (χ0v) is 21.9. The van der Waals surface area contributed by atoms with Gasteiger partial charge in [0.2, 0.25) is 0 Å². The number of piperazine rings is 1. The van der Waals surface area contributed by atoms with Crippen LogP contribution >= 0.6 is 11.6 Å². The number of aryl methyl sites for hydroxylation is 1. The SMILES string of the molecule is CCC(c1nc2cc(Cl)ccc2c(=O)n1Cc1ccccc1)N1CCN(C)CC1c1ccc(C)cc1. The lowest BCUT2D eigenvalue weighted by Gasteiger charge is -2.44. The van der Waals surface area contributed by atoms with Crippen molar-refractivity contribution in [2.24, 2.45) is 0 Å². The molecule has 2 unspecified atom stereocenters. The minimum absolute atomic E-state index is 0.00945. The molecule has 1 aliphatic heterocycles. The molecule has 3 aromatic carbocycles. The monoisotopic (exact) mass is 500 g/mol. The van der Waals surface area contributed by atoms with Crippen molar-refractivity contribution in [3.8, 4) is 0 Å². The molecule has 0 bridgehead atoms. The summed E-state index contributed by atoms with van der Waals surface area (Å²) in [5, 5.41) is 1.19. The largest absolute Gasteiger partial charge is 0.303 e. The first-order chi connectivity index (χ1) is 17.4. The van der Waals surface area contributed by atoms with E-state index in [0.29, 0.717) is 22.5 Å². The maximum Gasteiger partial charge on any atom is 0.261 e. The molecular formula is C30H33ClN4O. The lowest BCUT2D eigenvalue weighted by molar-refractivity contribution is 0.0439. The standard InChI is InChI=1S/C30H33ClN4O/c1-4-27(34-17-16-33(3)20-28(34)23-12-10-21(2)11-13-23)29-32-26-18-24(31)14-15-25(26)30(36)35(29)19-22-8-6-5-7-9-22/h5-15,18,27-28H,4,16-17,19-20H2,1-3H3. The van der Waals surface area contributed by atoms with Crippen LogP contribution in [0.25, 0.3) is 10.9 Å². The molecule has 186 valence electrons. The summed E-state index contributed by atoms with van der Waals surface area (Å²) in [7, 11) is 2.18. The van der Waals surface area contributed by atoms with E-state index >= 15 is 0 Å². The third-order valence-corrected chi connectivity index (χ3v) is 7.54. The fourth-order valence-corrected chi connectivity index (χ4v) is 5.51. The topological polar surface area (TPSA) is 41.4 Å². The van der Waals surface area contributed by atoms with Gasteiger partial charge in [-0.2, -0.15) is 0 Å². The molecule has 2 heterocycles. The van der Waals surface area contributed by atoms with Gasteiger partial charge in [-0.25, -0.2) is 4.98 Å². The first-order valence-corrected chi connectivity index (χ1v) is 13.1. The Morgan fingerprint density at radius 2 is 1.78 bits per heavy atom. The van der Waals surface area contributed by atoms with E-state index in [-0.39, 0.29) is 17.6 Å². The second kappa shape index (κ2) is 10.6. The van der Waals surface area contributed by atoms with Gasteiger partial charge in [0.25, 0.3) is 5.56 Å². The van der Waals surface area contributed by atoms with E-state index < -0.39 is 0 Å². The summed E-state index contributed by atoms with van der Waals surface area (Å²) in [5.74, 6) is 0.808. The van der Waals surface area contributed by atoms with Crippen molar-refractivity contribution in [2.45, 2.75) is 38.9 Å². The van der Waals surface area contributed by atoms with Crippen molar-refractivity contribution in [1.29, 1.82) is 0 Å². The van der Waals surface area contributed by atoms with Gasteiger partial charge in [-0.05, 0) is 49.7 Å². The summed E-state index contributed by atoms with van der Waals surface area (Å²) in [6.45, 7) is 7.61. The van der Waals surface area contributed by atoms with Crippen LogP contribution < -0.4 is 5.56 Å². The first kappa shape index (κ1) is 24.7.